The third-order valence-corrected chi connectivity index (χ3v) is 3.25. The van der Waals surface area contributed by atoms with E-state index >= 15 is 0 Å². The number of ether oxygens (including phenoxy) is 1. The van der Waals surface area contributed by atoms with Crippen LogP contribution in [0.15, 0.2) is 0 Å². The predicted molar refractivity (Wildman–Crippen MR) is 62.3 cm³/mol. The fraction of sp³-hybridized carbons (Fsp3) is 0.917. The number of nitrogens with one attached hydrogen (secondary N) is 1. The van der Waals surface area contributed by atoms with Gasteiger partial charge in [-0.05, 0) is 40.0 Å². The van der Waals surface area contributed by atoms with E-state index in [1.165, 1.54) is 6.42 Å². The Balaban J connectivity index is 1.88. The zero-order valence-electron chi connectivity index (χ0n) is 10.6. The molecule has 2 rings (SSSR count). The van der Waals surface area contributed by atoms with Gasteiger partial charge in [0.15, 0.2) is 0 Å². The molecule has 3 atom stereocenters. The van der Waals surface area contributed by atoms with Crippen LogP contribution >= 0.6 is 0 Å². The number of hydrogen-bond acceptors (Lipinski definition) is 3. The smallest absolute Gasteiger partial charge is 0.410 e. The number of fused-ring (bicyclic) bond motifs is 1. The molecule has 2 fully saturated rings. The van der Waals surface area contributed by atoms with Gasteiger partial charge in [-0.15, -0.1) is 0 Å². The van der Waals surface area contributed by atoms with Gasteiger partial charge in [-0.2, -0.15) is 0 Å². The summed E-state index contributed by atoms with van der Waals surface area (Å²) in [6.07, 6.45) is 1.00. The van der Waals surface area contributed by atoms with Crippen LogP contribution in [0.1, 0.15) is 34.1 Å². The van der Waals surface area contributed by atoms with Crippen LogP contribution < -0.4 is 5.32 Å². The molecule has 0 radical (unpaired) electrons. The predicted octanol–water partition coefficient (Wildman–Crippen LogP) is 1.60. The molecule has 2 aliphatic heterocycles. The van der Waals surface area contributed by atoms with Crippen LogP contribution in [0.25, 0.3) is 0 Å². The fourth-order valence-corrected chi connectivity index (χ4v) is 2.66. The molecule has 0 aromatic rings. The van der Waals surface area contributed by atoms with Gasteiger partial charge >= 0.3 is 6.09 Å². The lowest BCUT2D eigenvalue weighted by Crippen LogP contribution is -2.39. The van der Waals surface area contributed by atoms with Crippen LogP contribution in [0.5, 0.6) is 0 Å². The molecule has 0 saturated carbocycles. The summed E-state index contributed by atoms with van der Waals surface area (Å²) in [6.45, 7) is 9.56. The summed E-state index contributed by atoms with van der Waals surface area (Å²) in [5, 5.41) is 3.51. The second-order valence-electron chi connectivity index (χ2n) is 6.06. The van der Waals surface area contributed by atoms with Crippen LogP contribution in [-0.2, 0) is 4.74 Å². The second kappa shape index (κ2) is 3.91. The first-order chi connectivity index (χ1) is 7.35. The number of nitrogens with zero attached hydrogens (tertiary/aromatic N) is 1. The quantitative estimate of drug-likeness (QED) is 0.682. The molecule has 0 aromatic heterocycles. The molecular formula is C12H22N2O2. The number of hydrogen-bond donors (Lipinski definition) is 1. The Morgan fingerprint density at radius 1 is 1.38 bits per heavy atom. The van der Waals surface area contributed by atoms with E-state index in [1.807, 2.05) is 25.7 Å². The number of carbonyl (C=O) groups excluding carboxylic acids is 1. The zero-order valence-corrected chi connectivity index (χ0v) is 10.6. The maximum Gasteiger partial charge on any atom is 0.410 e. The third kappa shape index (κ3) is 2.48. The van der Waals surface area contributed by atoms with E-state index in [9.17, 15) is 4.79 Å². The largest absolute Gasteiger partial charge is 0.444 e. The van der Waals surface area contributed by atoms with Gasteiger partial charge in [0.05, 0.1) is 0 Å². The highest BCUT2D eigenvalue weighted by atomic mass is 16.6. The van der Waals surface area contributed by atoms with Crippen molar-refractivity contribution in [3.63, 3.8) is 0 Å². The molecule has 2 saturated heterocycles. The fourth-order valence-electron chi connectivity index (χ4n) is 2.66. The number of carbonyl (C=O) groups is 1. The monoisotopic (exact) mass is 226 g/mol. The van der Waals surface area contributed by atoms with Crippen LogP contribution in [0.3, 0.4) is 0 Å². The summed E-state index contributed by atoms with van der Waals surface area (Å²) in [5.41, 5.74) is -0.393. The van der Waals surface area contributed by atoms with Gasteiger partial charge in [0, 0.05) is 25.2 Å². The van der Waals surface area contributed by atoms with E-state index in [2.05, 4.69) is 12.2 Å². The van der Waals surface area contributed by atoms with E-state index in [0.29, 0.717) is 18.0 Å². The topological polar surface area (TPSA) is 41.6 Å². The minimum Gasteiger partial charge on any atom is -0.444 e. The Labute approximate surface area is 97.3 Å². The van der Waals surface area contributed by atoms with Crippen molar-refractivity contribution >= 4 is 6.09 Å². The van der Waals surface area contributed by atoms with E-state index in [-0.39, 0.29) is 6.09 Å². The highest BCUT2D eigenvalue weighted by Crippen LogP contribution is 2.28. The summed E-state index contributed by atoms with van der Waals surface area (Å²) in [6, 6.07) is 1.07. The number of rotatable bonds is 0. The van der Waals surface area contributed by atoms with Crippen molar-refractivity contribution in [1.82, 2.24) is 10.2 Å². The van der Waals surface area contributed by atoms with Crippen molar-refractivity contribution in [3.05, 3.63) is 0 Å². The standard InChI is InChI=1S/C12H22N2O2/c1-8-5-9-6-14(7-10(9)13-8)11(15)16-12(2,3)4/h8-10,13H,5-7H2,1-4H3/t8-,9+,10-/m1/s1. The summed E-state index contributed by atoms with van der Waals surface area (Å²) in [7, 11) is 0. The Morgan fingerprint density at radius 2 is 2.06 bits per heavy atom. The minimum absolute atomic E-state index is 0.170. The molecule has 2 aliphatic rings. The minimum atomic E-state index is -0.393. The molecule has 92 valence electrons. The Morgan fingerprint density at radius 3 is 2.62 bits per heavy atom. The molecule has 2 heterocycles. The summed E-state index contributed by atoms with van der Waals surface area (Å²) < 4.78 is 5.37. The van der Waals surface area contributed by atoms with Crippen molar-refractivity contribution < 1.29 is 9.53 Å². The lowest BCUT2D eigenvalue weighted by Gasteiger charge is -2.25. The number of likely N-dealkylation sites (tertiary alicyclic amines) is 1. The van der Waals surface area contributed by atoms with E-state index in [1.54, 1.807) is 0 Å². The van der Waals surface area contributed by atoms with Gasteiger partial charge in [0.25, 0.3) is 0 Å². The summed E-state index contributed by atoms with van der Waals surface area (Å²) in [4.78, 5) is 13.7. The molecule has 1 amide bonds. The SMILES string of the molecule is C[C@@H]1C[C@H]2CN(C(=O)OC(C)(C)C)C[C@H]2N1. The van der Waals surface area contributed by atoms with Crippen molar-refractivity contribution in [2.75, 3.05) is 13.1 Å². The normalized spacial score (nSPS) is 34.0. The van der Waals surface area contributed by atoms with Crippen molar-refractivity contribution in [2.45, 2.75) is 51.8 Å². The molecule has 0 bridgehead atoms. The Kier molecular flexibility index (Phi) is 2.86. The molecule has 0 spiro atoms. The molecule has 0 unspecified atom stereocenters. The van der Waals surface area contributed by atoms with Gasteiger partial charge < -0.3 is 15.0 Å². The van der Waals surface area contributed by atoms with Gasteiger partial charge in [-0.25, -0.2) is 4.79 Å². The van der Waals surface area contributed by atoms with Gasteiger partial charge in [0.2, 0.25) is 0 Å². The molecule has 4 nitrogen and oxygen atoms in total. The first-order valence-electron chi connectivity index (χ1n) is 6.09. The zero-order chi connectivity index (χ0) is 11.9. The highest BCUT2D eigenvalue weighted by Gasteiger charge is 2.41. The first kappa shape index (κ1) is 11.7. The number of amides is 1. The lowest BCUT2D eigenvalue weighted by atomic mass is 10.0. The van der Waals surface area contributed by atoms with Crippen LogP contribution in [0, 0.1) is 5.92 Å². The summed E-state index contributed by atoms with van der Waals surface area (Å²) >= 11 is 0. The molecule has 16 heavy (non-hydrogen) atoms. The van der Waals surface area contributed by atoms with Crippen LogP contribution in [-0.4, -0.2) is 41.8 Å². The van der Waals surface area contributed by atoms with Crippen molar-refractivity contribution in [1.29, 1.82) is 0 Å². The van der Waals surface area contributed by atoms with Crippen molar-refractivity contribution in [3.8, 4) is 0 Å². The molecule has 1 N–H and O–H groups in total. The second-order valence-corrected chi connectivity index (χ2v) is 6.06. The average Bonchev–Trinajstić information content (AvgIpc) is 2.56. The Hall–Kier alpha value is -0.770. The average molecular weight is 226 g/mol. The maximum absolute atomic E-state index is 11.8. The maximum atomic E-state index is 11.8. The molecular weight excluding hydrogens is 204 g/mol. The molecule has 0 aromatic carbocycles. The molecule has 0 aliphatic carbocycles. The van der Waals surface area contributed by atoms with Gasteiger partial charge in [-0.3, -0.25) is 0 Å². The van der Waals surface area contributed by atoms with Gasteiger partial charge in [0.1, 0.15) is 5.60 Å². The lowest BCUT2D eigenvalue weighted by molar-refractivity contribution is 0.0281. The van der Waals surface area contributed by atoms with Crippen LogP contribution in [0.4, 0.5) is 4.79 Å². The van der Waals surface area contributed by atoms with Crippen LogP contribution in [0.2, 0.25) is 0 Å². The van der Waals surface area contributed by atoms with E-state index in [4.69, 9.17) is 4.74 Å². The molecule has 4 heteroatoms. The van der Waals surface area contributed by atoms with E-state index in [0.717, 1.165) is 13.1 Å². The Bertz CT molecular complexity index is 271. The third-order valence-electron chi connectivity index (χ3n) is 3.25. The summed E-state index contributed by atoms with van der Waals surface area (Å²) in [5.74, 6) is 0.613. The van der Waals surface area contributed by atoms with Crippen molar-refractivity contribution in [2.24, 2.45) is 5.92 Å². The highest BCUT2D eigenvalue weighted by molar-refractivity contribution is 5.68. The van der Waals surface area contributed by atoms with E-state index < -0.39 is 5.60 Å². The first-order valence-corrected chi connectivity index (χ1v) is 6.09. The van der Waals surface area contributed by atoms with Gasteiger partial charge in [-0.1, -0.05) is 0 Å².